The van der Waals surface area contributed by atoms with Crippen LogP contribution in [-0.4, -0.2) is 10.0 Å². The first-order chi connectivity index (χ1) is 2.94. The van der Waals surface area contributed by atoms with Crippen LogP contribution in [0.3, 0.4) is 0 Å². The molecular weight excluding hydrogens is 176 g/mol. The molecule has 0 aliphatic rings. The fraction of sp³-hybridized carbons (Fsp3) is 1.00. The van der Waals surface area contributed by atoms with Gasteiger partial charge < -0.3 is 0 Å². The SMILES string of the molecule is CC(C)(C)[P+](=O)O.[Zn]. The summed E-state index contributed by atoms with van der Waals surface area (Å²) in [5.74, 6) is 0. The zero-order valence-electron chi connectivity index (χ0n) is 5.51. The van der Waals surface area contributed by atoms with Crippen molar-refractivity contribution >= 4 is 8.03 Å². The summed E-state index contributed by atoms with van der Waals surface area (Å²) in [5.41, 5.74) is 0. The third-order valence-electron chi connectivity index (χ3n) is 0.574. The van der Waals surface area contributed by atoms with Crippen molar-refractivity contribution in [2.24, 2.45) is 0 Å². The molecule has 0 bridgehead atoms. The molecule has 0 fully saturated rings. The number of rotatable bonds is 0. The molecule has 0 aliphatic carbocycles. The Morgan fingerprint density at radius 1 is 1.38 bits per heavy atom. The fourth-order valence-corrected chi connectivity index (χ4v) is 0. The molecule has 0 saturated carbocycles. The number of hydrogen-bond donors (Lipinski definition) is 1. The van der Waals surface area contributed by atoms with Gasteiger partial charge in [0, 0.05) is 19.5 Å². The zero-order chi connectivity index (χ0) is 6.08. The van der Waals surface area contributed by atoms with Crippen LogP contribution in [0.25, 0.3) is 0 Å². The van der Waals surface area contributed by atoms with Gasteiger partial charge in [-0.2, -0.15) is 4.89 Å². The molecule has 2 nitrogen and oxygen atoms in total. The van der Waals surface area contributed by atoms with E-state index in [1.807, 2.05) is 0 Å². The van der Waals surface area contributed by atoms with Crippen LogP contribution in [0.1, 0.15) is 20.8 Å². The van der Waals surface area contributed by atoms with Crippen molar-refractivity contribution in [3.8, 4) is 0 Å². The van der Waals surface area contributed by atoms with Crippen LogP contribution in [-0.2, 0) is 24.0 Å². The topological polar surface area (TPSA) is 37.3 Å². The molecule has 0 heterocycles. The normalized spacial score (nSPS) is 12.2. The Bertz CT molecular complexity index is 86.5. The Balaban J connectivity index is 0. The molecule has 0 aromatic rings. The van der Waals surface area contributed by atoms with E-state index in [9.17, 15) is 4.57 Å². The Morgan fingerprint density at radius 3 is 1.50 bits per heavy atom. The molecule has 0 amide bonds. The predicted molar refractivity (Wildman–Crippen MR) is 29.6 cm³/mol. The third-order valence-corrected chi connectivity index (χ3v) is 1.72. The van der Waals surface area contributed by atoms with Crippen LogP contribution >= 0.6 is 8.03 Å². The monoisotopic (exact) mass is 185 g/mol. The van der Waals surface area contributed by atoms with E-state index in [2.05, 4.69) is 0 Å². The minimum atomic E-state index is -1.99. The van der Waals surface area contributed by atoms with Crippen molar-refractivity contribution in [1.82, 2.24) is 0 Å². The molecular formula is C4H10O2PZn+. The molecule has 44 valence electrons. The summed E-state index contributed by atoms with van der Waals surface area (Å²) in [6.07, 6.45) is 0. The largest absolute Gasteiger partial charge is 0.510 e. The van der Waals surface area contributed by atoms with E-state index in [1.54, 1.807) is 20.8 Å². The summed E-state index contributed by atoms with van der Waals surface area (Å²) in [5, 5.41) is -0.435. The molecule has 4 heteroatoms. The second-order valence-electron chi connectivity index (χ2n) is 2.44. The zero-order valence-corrected chi connectivity index (χ0v) is 9.37. The van der Waals surface area contributed by atoms with Crippen molar-refractivity contribution in [3.05, 3.63) is 0 Å². The van der Waals surface area contributed by atoms with Crippen LogP contribution in [0.15, 0.2) is 0 Å². The van der Waals surface area contributed by atoms with Crippen LogP contribution in [0, 0.1) is 0 Å². The summed E-state index contributed by atoms with van der Waals surface area (Å²) in [6.45, 7) is 5.18. The maximum absolute atomic E-state index is 10.2. The second-order valence-corrected chi connectivity index (χ2v) is 4.33. The predicted octanol–water partition coefficient (Wildman–Crippen LogP) is 1.52. The molecule has 1 atom stereocenters. The van der Waals surface area contributed by atoms with Crippen molar-refractivity contribution in [1.29, 1.82) is 0 Å². The summed E-state index contributed by atoms with van der Waals surface area (Å²) < 4.78 is 10.2. The van der Waals surface area contributed by atoms with Gasteiger partial charge in [-0.15, -0.1) is 0 Å². The van der Waals surface area contributed by atoms with Gasteiger partial charge in [0.05, 0.1) is 0 Å². The Morgan fingerprint density at radius 2 is 1.50 bits per heavy atom. The molecule has 0 saturated heterocycles. The van der Waals surface area contributed by atoms with Crippen molar-refractivity contribution in [3.63, 3.8) is 0 Å². The van der Waals surface area contributed by atoms with E-state index in [4.69, 9.17) is 4.89 Å². The van der Waals surface area contributed by atoms with E-state index in [0.29, 0.717) is 0 Å². The van der Waals surface area contributed by atoms with E-state index in [0.717, 1.165) is 0 Å². The van der Waals surface area contributed by atoms with Gasteiger partial charge in [-0.25, -0.2) is 0 Å². The van der Waals surface area contributed by atoms with E-state index < -0.39 is 13.2 Å². The van der Waals surface area contributed by atoms with Crippen LogP contribution in [0.4, 0.5) is 0 Å². The van der Waals surface area contributed by atoms with E-state index in [1.165, 1.54) is 0 Å². The molecule has 0 aromatic carbocycles. The molecule has 0 spiro atoms. The summed E-state index contributed by atoms with van der Waals surface area (Å²) in [4.78, 5) is 8.40. The maximum Gasteiger partial charge on any atom is 0.510 e. The van der Waals surface area contributed by atoms with E-state index >= 15 is 0 Å². The molecule has 1 unspecified atom stereocenters. The van der Waals surface area contributed by atoms with Gasteiger partial charge in [0.25, 0.3) is 0 Å². The second kappa shape index (κ2) is 3.66. The quantitative estimate of drug-likeness (QED) is 0.460. The Labute approximate surface area is 63.3 Å². The fourth-order valence-electron chi connectivity index (χ4n) is 0. The minimum absolute atomic E-state index is 0. The maximum atomic E-state index is 10.2. The average Bonchev–Trinajstić information content (AvgIpc) is 1.31. The number of hydrogen-bond acceptors (Lipinski definition) is 1. The van der Waals surface area contributed by atoms with Gasteiger partial charge >= 0.3 is 8.03 Å². The van der Waals surface area contributed by atoms with Gasteiger partial charge in [0.15, 0.2) is 5.16 Å². The smallest absolute Gasteiger partial charge is 0.160 e. The minimum Gasteiger partial charge on any atom is -0.160 e. The molecule has 1 N–H and O–H groups in total. The van der Waals surface area contributed by atoms with Crippen molar-refractivity contribution in [2.75, 3.05) is 0 Å². The Kier molecular flexibility index (Phi) is 5.25. The molecule has 8 heavy (non-hydrogen) atoms. The standard InChI is InChI=1S/C4H9O2P.Zn/c1-4(2,3)7(5)6;/h1-3H3;/p+1. The average molecular weight is 186 g/mol. The molecule has 0 aliphatic heterocycles. The third kappa shape index (κ3) is 4.83. The van der Waals surface area contributed by atoms with Gasteiger partial charge in [0.1, 0.15) is 0 Å². The van der Waals surface area contributed by atoms with E-state index in [-0.39, 0.29) is 19.5 Å². The first kappa shape index (κ1) is 11.5. The van der Waals surface area contributed by atoms with Crippen LogP contribution in [0.2, 0.25) is 0 Å². The molecule has 0 radical (unpaired) electrons. The summed E-state index contributed by atoms with van der Waals surface area (Å²) in [7, 11) is -1.99. The summed E-state index contributed by atoms with van der Waals surface area (Å²) in [6, 6.07) is 0. The van der Waals surface area contributed by atoms with Gasteiger partial charge in [-0.1, -0.05) is 0 Å². The van der Waals surface area contributed by atoms with Crippen molar-refractivity contribution in [2.45, 2.75) is 25.9 Å². The van der Waals surface area contributed by atoms with Gasteiger partial charge in [-0.05, 0) is 25.3 Å². The molecule has 0 aromatic heterocycles. The van der Waals surface area contributed by atoms with Gasteiger partial charge in [-0.3, -0.25) is 0 Å². The first-order valence-electron chi connectivity index (χ1n) is 2.11. The Hall–Kier alpha value is 0.683. The van der Waals surface area contributed by atoms with Gasteiger partial charge in [0.2, 0.25) is 0 Å². The van der Waals surface area contributed by atoms with Crippen LogP contribution in [0.5, 0.6) is 0 Å². The van der Waals surface area contributed by atoms with Crippen molar-refractivity contribution < 1.29 is 28.9 Å². The molecule has 0 rings (SSSR count). The van der Waals surface area contributed by atoms with Crippen LogP contribution < -0.4 is 0 Å². The summed E-state index contributed by atoms with van der Waals surface area (Å²) >= 11 is 0. The first-order valence-corrected chi connectivity index (χ1v) is 3.32.